The van der Waals surface area contributed by atoms with E-state index in [-0.39, 0.29) is 22.3 Å². The SMILES string of the molecule is O=C(c1cc2ccc(F)cc2s1)N1CCN(c2cnn(-c3ccccc3)c(=O)c2Cl)CC1. The van der Waals surface area contributed by atoms with Crippen molar-refractivity contribution in [2.75, 3.05) is 31.1 Å². The van der Waals surface area contributed by atoms with Crippen LogP contribution in [-0.4, -0.2) is 46.8 Å². The highest BCUT2D eigenvalue weighted by Crippen LogP contribution is 2.28. The molecule has 6 nitrogen and oxygen atoms in total. The van der Waals surface area contributed by atoms with Gasteiger partial charge in [0.2, 0.25) is 0 Å². The normalized spacial score (nSPS) is 14.2. The number of carbonyl (C=O) groups is 1. The Balaban J connectivity index is 1.31. The van der Waals surface area contributed by atoms with Gasteiger partial charge in [0.05, 0.1) is 22.4 Å². The summed E-state index contributed by atoms with van der Waals surface area (Å²) in [5, 5.41) is 5.25. The maximum absolute atomic E-state index is 13.5. The highest BCUT2D eigenvalue weighted by molar-refractivity contribution is 7.20. The van der Waals surface area contributed by atoms with Gasteiger partial charge in [0.15, 0.2) is 0 Å². The number of carbonyl (C=O) groups excluding carboxylic acids is 1. The summed E-state index contributed by atoms with van der Waals surface area (Å²) in [4.78, 5) is 30.0. The standard InChI is InChI=1S/C23H18ClFN4O2S/c24-21-18(14-26-29(23(21)31)17-4-2-1-3-5-17)27-8-10-28(11-9-27)22(30)20-12-15-6-7-16(25)13-19(15)32-20/h1-7,12-14H,8-11H2. The fourth-order valence-corrected chi connectivity index (χ4v) is 5.12. The molecule has 1 saturated heterocycles. The van der Waals surface area contributed by atoms with Crippen molar-refractivity contribution >= 4 is 44.6 Å². The molecule has 0 N–H and O–H groups in total. The van der Waals surface area contributed by atoms with Crippen LogP contribution < -0.4 is 10.5 Å². The number of hydrogen-bond donors (Lipinski definition) is 0. The van der Waals surface area contributed by atoms with Crippen molar-refractivity contribution in [3.8, 4) is 5.69 Å². The van der Waals surface area contributed by atoms with Crippen LogP contribution in [-0.2, 0) is 0 Å². The van der Waals surface area contributed by atoms with E-state index in [0.717, 1.165) is 10.1 Å². The Morgan fingerprint density at radius 1 is 1.03 bits per heavy atom. The molecule has 32 heavy (non-hydrogen) atoms. The average molecular weight is 469 g/mol. The van der Waals surface area contributed by atoms with E-state index in [9.17, 15) is 14.0 Å². The van der Waals surface area contributed by atoms with Crippen LogP contribution in [0.15, 0.2) is 65.6 Å². The molecule has 0 unspecified atom stereocenters. The molecular weight excluding hydrogens is 451 g/mol. The first-order chi connectivity index (χ1) is 15.5. The summed E-state index contributed by atoms with van der Waals surface area (Å²) in [5.74, 6) is -0.387. The molecule has 3 heterocycles. The number of nitrogens with zero attached hydrogens (tertiary/aromatic N) is 4. The smallest absolute Gasteiger partial charge is 0.292 e. The lowest BCUT2D eigenvalue weighted by Crippen LogP contribution is -2.49. The van der Waals surface area contributed by atoms with Gasteiger partial charge in [-0.15, -0.1) is 11.3 Å². The van der Waals surface area contributed by atoms with Gasteiger partial charge in [-0.1, -0.05) is 35.9 Å². The quantitative estimate of drug-likeness (QED) is 0.452. The predicted molar refractivity (Wildman–Crippen MR) is 125 cm³/mol. The number of thiophene rings is 1. The second-order valence-corrected chi connectivity index (χ2v) is 8.93. The molecule has 0 atom stereocenters. The number of anilines is 1. The van der Waals surface area contributed by atoms with Gasteiger partial charge in [-0.25, -0.2) is 4.39 Å². The zero-order valence-corrected chi connectivity index (χ0v) is 18.4. The predicted octanol–water partition coefficient (Wildman–Crippen LogP) is 4.20. The van der Waals surface area contributed by atoms with Gasteiger partial charge >= 0.3 is 0 Å². The molecule has 0 radical (unpaired) electrons. The molecule has 0 spiro atoms. The van der Waals surface area contributed by atoms with Crippen LogP contribution in [0.3, 0.4) is 0 Å². The average Bonchev–Trinajstić information content (AvgIpc) is 3.24. The van der Waals surface area contributed by atoms with E-state index >= 15 is 0 Å². The summed E-state index contributed by atoms with van der Waals surface area (Å²) in [5.41, 5.74) is 0.823. The van der Waals surface area contributed by atoms with Gasteiger partial charge in [0.25, 0.3) is 11.5 Å². The van der Waals surface area contributed by atoms with Crippen LogP contribution >= 0.6 is 22.9 Å². The molecule has 2 aromatic heterocycles. The van der Waals surface area contributed by atoms with Crippen LogP contribution in [0, 0.1) is 5.82 Å². The molecule has 5 rings (SSSR count). The molecule has 1 amide bonds. The van der Waals surface area contributed by atoms with Crippen LogP contribution in [0.2, 0.25) is 5.02 Å². The number of piperazine rings is 1. The number of benzene rings is 2. The molecule has 1 aliphatic heterocycles. The Morgan fingerprint density at radius 3 is 2.53 bits per heavy atom. The summed E-state index contributed by atoms with van der Waals surface area (Å²) in [6.45, 7) is 2.03. The van der Waals surface area contributed by atoms with E-state index in [4.69, 9.17) is 11.6 Å². The van der Waals surface area contributed by atoms with Gasteiger partial charge in [0.1, 0.15) is 10.8 Å². The molecule has 162 valence electrons. The van der Waals surface area contributed by atoms with Crippen LogP contribution in [0.4, 0.5) is 10.1 Å². The van der Waals surface area contributed by atoms with Gasteiger partial charge in [-0.2, -0.15) is 9.78 Å². The van der Waals surface area contributed by atoms with Crippen molar-refractivity contribution in [3.63, 3.8) is 0 Å². The second-order valence-electron chi connectivity index (χ2n) is 7.47. The minimum Gasteiger partial charge on any atom is -0.365 e. The number of fused-ring (bicyclic) bond motifs is 1. The molecule has 1 aliphatic rings. The van der Waals surface area contributed by atoms with Crippen molar-refractivity contribution in [3.05, 3.63) is 86.9 Å². The fraction of sp³-hybridized carbons (Fsp3) is 0.174. The van der Waals surface area contributed by atoms with Gasteiger partial charge < -0.3 is 9.80 Å². The molecule has 0 saturated carbocycles. The summed E-state index contributed by atoms with van der Waals surface area (Å²) in [7, 11) is 0. The first kappa shape index (κ1) is 20.7. The van der Waals surface area contributed by atoms with Gasteiger partial charge in [-0.3, -0.25) is 9.59 Å². The second kappa shape index (κ2) is 8.37. The first-order valence-electron chi connectivity index (χ1n) is 10.1. The van der Waals surface area contributed by atoms with Crippen LogP contribution in [0.25, 0.3) is 15.8 Å². The number of aromatic nitrogens is 2. The maximum Gasteiger partial charge on any atom is 0.292 e. The number of para-hydroxylation sites is 1. The molecule has 9 heteroatoms. The van der Waals surface area contributed by atoms with Crippen molar-refractivity contribution in [1.82, 2.24) is 14.7 Å². The Bertz CT molecular complexity index is 1360. The summed E-state index contributed by atoms with van der Waals surface area (Å²) in [6.07, 6.45) is 1.59. The Kier molecular flexibility index (Phi) is 5.40. The van der Waals surface area contributed by atoms with Crippen molar-refractivity contribution in [1.29, 1.82) is 0 Å². The first-order valence-corrected chi connectivity index (χ1v) is 11.3. The highest BCUT2D eigenvalue weighted by Gasteiger charge is 2.26. The third-order valence-corrected chi connectivity index (χ3v) is 6.94. The monoisotopic (exact) mass is 468 g/mol. The third kappa shape index (κ3) is 3.76. The number of halogens is 2. The number of rotatable bonds is 3. The molecular formula is C23H18ClFN4O2S. The Hall–Kier alpha value is -3.23. The molecule has 2 aromatic carbocycles. The van der Waals surface area contributed by atoms with E-state index in [0.29, 0.717) is 42.4 Å². The van der Waals surface area contributed by atoms with E-state index in [1.54, 1.807) is 35.4 Å². The van der Waals surface area contributed by atoms with Crippen LogP contribution in [0.1, 0.15) is 9.67 Å². The lowest BCUT2D eigenvalue weighted by Gasteiger charge is -2.36. The molecule has 0 bridgehead atoms. The van der Waals surface area contributed by atoms with Gasteiger partial charge in [0, 0.05) is 30.9 Å². The highest BCUT2D eigenvalue weighted by atomic mass is 35.5. The zero-order valence-electron chi connectivity index (χ0n) is 16.9. The fourth-order valence-electron chi connectivity index (χ4n) is 3.81. The maximum atomic E-state index is 13.5. The number of amides is 1. The summed E-state index contributed by atoms with van der Waals surface area (Å²) in [6, 6.07) is 15.4. The number of hydrogen-bond acceptors (Lipinski definition) is 5. The van der Waals surface area contributed by atoms with E-state index < -0.39 is 0 Å². The largest absolute Gasteiger partial charge is 0.365 e. The van der Waals surface area contributed by atoms with E-state index in [1.165, 1.54) is 28.2 Å². The van der Waals surface area contributed by atoms with Gasteiger partial charge in [-0.05, 0) is 35.7 Å². The third-order valence-electron chi connectivity index (χ3n) is 5.50. The Labute approximate surface area is 192 Å². The zero-order chi connectivity index (χ0) is 22.2. The summed E-state index contributed by atoms with van der Waals surface area (Å²) >= 11 is 7.70. The Morgan fingerprint density at radius 2 is 1.78 bits per heavy atom. The van der Waals surface area contributed by atoms with Crippen molar-refractivity contribution < 1.29 is 9.18 Å². The molecule has 4 aromatic rings. The topological polar surface area (TPSA) is 58.4 Å². The summed E-state index contributed by atoms with van der Waals surface area (Å²) < 4.78 is 15.5. The van der Waals surface area contributed by atoms with Crippen LogP contribution in [0.5, 0.6) is 0 Å². The minimum absolute atomic E-state index is 0.0741. The minimum atomic E-state index is -0.383. The van der Waals surface area contributed by atoms with Crippen molar-refractivity contribution in [2.45, 2.75) is 0 Å². The lowest BCUT2D eigenvalue weighted by molar-refractivity contribution is 0.0751. The molecule has 1 fully saturated rings. The van der Waals surface area contributed by atoms with Crippen molar-refractivity contribution in [2.24, 2.45) is 0 Å². The lowest BCUT2D eigenvalue weighted by atomic mass is 10.2. The van der Waals surface area contributed by atoms with E-state index in [2.05, 4.69) is 5.10 Å². The molecule has 0 aliphatic carbocycles. The van der Waals surface area contributed by atoms with E-state index in [1.807, 2.05) is 23.1 Å².